The first-order valence-corrected chi connectivity index (χ1v) is 6.95. The molecular weight excluding hydrogens is 248 g/mol. The molecule has 1 rings (SSSR count). The molecule has 0 N–H and O–H groups in total. The van der Waals surface area contributed by atoms with Gasteiger partial charge in [0.1, 0.15) is 17.9 Å². The normalized spacial score (nSPS) is 10.4. The van der Waals surface area contributed by atoms with Crippen LogP contribution in [0.5, 0.6) is 0 Å². The van der Waals surface area contributed by atoms with Crippen LogP contribution in [0, 0.1) is 18.3 Å². The minimum absolute atomic E-state index is 0.245. The molecule has 18 heavy (non-hydrogen) atoms. The van der Waals surface area contributed by atoms with Crippen LogP contribution in [0.1, 0.15) is 29.3 Å². The van der Waals surface area contributed by atoms with E-state index in [1.165, 1.54) is 11.8 Å². The van der Waals surface area contributed by atoms with E-state index in [0.717, 1.165) is 28.3 Å². The lowest BCUT2D eigenvalue weighted by Crippen LogP contribution is -2.08. The number of hydrogen-bond acceptors (Lipinski definition) is 5. The number of pyridine rings is 1. The van der Waals surface area contributed by atoms with Crippen molar-refractivity contribution in [1.29, 1.82) is 5.26 Å². The Labute approximate surface area is 112 Å². The second-order valence-electron chi connectivity index (χ2n) is 3.76. The van der Waals surface area contributed by atoms with E-state index in [9.17, 15) is 5.26 Å². The number of ether oxygens (including phenoxy) is 2. The molecule has 0 amide bonds. The Morgan fingerprint density at radius 1 is 1.39 bits per heavy atom. The summed E-state index contributed by atoms with van der Waals surface area (Å²) >= 11 is 1.50. The molecule has 0 bridgehead atoms. The maximum atomic E-state index is 9.28. The highest BCUT2D eigenvalue weighted by Gasteiger charge is 2.16. The standard InChI is InChI=1S/C13H18N2O2S/c1-5-10-11(6-14)13(18-4)15-9(2)12(10)7-17-8-16-3/h5,7-8H2,1-4H3. The molecule has 0 saturated carbocycles. The highest BCUT2D eigenvalue weighted by atomic mass is 32.2. The van der Waals surface area contributed by atoms with Crippen molar-refractivity contribution in [3.63, 3.8) is 0 Å². The van der Waals surface area contributed by atoms with Gasteiger partial charge in [-0.2, -0.15) is 5.26 Å². The number of thioether (sulfide) groups is 1. The highest BCUT2D eigenvalue weighted by molar-refractivity contribution is 7.98. The lowest BCUT2D eigenvalue weighted by Gasteiger charge is -2.15. The predicted molar refractivity (Wildman–Crippen MR) is 71.5 cm³/mol. The summed E-state index contributed by atoms with van der Waals surface area (Å²) in [6.45, 7) is 4.67. The van der Waals surface area contributed by atoms with Gasteiger partial charge < -0.3 is 9.47 Å². The van der Waals surface area contributed by atoms with Gasteiger partial charge in [-0.25, -0.2) is 4.98 Å². The molecule has 0 aliphatic rings. The minimum atomic E-state index is 0.245. The fourth-order valence-electron chi connectivity index (χ4n) is 1.85. The highest BCUT2D eigenvalue weighted by Crippen LogP contribution is 2.26. The van der Waals surface area contributed by atoms with Gasteiger partial charge in [0.2, 0.25) is 0 Å². The van der Waals surface area contributed by atoms with Crippen molar-refractivity contribution in [2.45, 2.75) is 31.9 Å². The van der Waals surface area contributed by atoms with Gasteiger partial charge in [-0.15, -0.1) is 11.8 Å². The Morgan fingerprint density at radius 2 is 2.11 bits per heavy atom. The number of rotatable bonds is 6. The molecule has 1 aromatic heterocycles. The lowest BCUT2D eigenvalue weighted by molar-refractivity contribution is -0.0395. The second-order valence-corrected chi connectivity index (χ2v) is 4.55. The van der Waals surface area contributed by atoms with Crippen LogP contribution in [0.15, 0.2) is 5.03 Å². The molecule has 1 aromatic rings. The minimum Gasteiger partial charge on any atom is -0.359 e. The molecule has 0 unspecified atom stereocenters. The van der Waals surface area contributed by atoms with E-state index in [2.05, 4.69) is 11.1 Å². The molecule has 0 spiro atoms. The number of nitrogens with zero attached hydrogens (tertiary/aromatic N) is 2. The molecule has 4 nitrogen and oxygen atoms in total. The largest absolute Gasteiger partial charge is 0.359 e. The van der Waals surface area contributed by atoms with Crippen molar-refractivity contribution in [3.05, 3.63) is 22.4 Å². The van der Waals surface area contributed by atoms with Crippen LogP contribution in [0.25, 0.3) is 0 Å². The predicted octanol–water partition coefficient (Wildman–Crippen LogP) is 2.67. The summed E-state index contributed by atoms with van der Waals surface area (Å²) in [7, 11) is 1.59. The summed E-state index contributed by atoms with van der Waals surface area (Å²) in [5.74, 6) is 0. The third kappa shape index (κ3) is 3.22. The summed E-state index contributed by atoms with van der Waals surface area (Å²) in [4.78, 5) is 4.47. The molecule has 0 saturated heterocycles. The zero-order chi connectivity index (χ0) is 13.5. The smallest absolute Gasteiger partial charge is 0.146 e. The fourth-order valence-corrected chi connectivity index (χ4v) is 2.45. The Balaban J connectivity index is 3.20. The second kappa shape index (κ2) is 7.37. The van der Waals surface area contributed by atoms with E-state index in [0.29, 0.717) is 12.2 Å². The van der Waals surface area contributed by atoms with Gasteiger partial charge in [-0.1, -0.05) is 6.92 Å². The molecule has 0 fully saturated rings. The van der Waals surface area contributed by atoms with Crippen LogP contribution in [0.4, 0.5) is 0 Å². The van der Waals surface area contributed by atoms with Crippen LogP contribution in [0.3, 0.4) is 0 Å². The first-order valence-electron chi connectivity index (χ1n) is 5.72. The van der Waals surface area contributed by atoms with Crippen molar-refractivity contribution >= 4 is 11.8 Å². The maximum Gasteiger partial charge on any atom is 0.146 e. The average molecular weight is 266 g/mol. The van der Waals surface area contributed by atoms with E-state index in [4.69, 9.17) is 9.47 Å². The van der Waals surface area contributed by atoms with Gasteiger partial charge in [-0.3, -0.25) is 0 Å². The van der Waals surface area contributed by atoms with E-state index in [1.807, 2.05) is 20.1 Å². The van der Waals surface area contributed by atoms with Crippen LogP contribution in [0.2, 0.25) is 0 Å². The Kier molecular flexibility index (Phi) is 6.13. The van der Waals surface area contributed by atoms with Gasteiger partial charge in [-0.05, 0) is 25.2 Å². The number of aromatic nitrogens is 1. The molecule has 0 aromatic carbocycles. The zero-order valence-corrected chi connectivity index (χ0v) is 12.1. The third-order valence-corrected chi connectivity index (χ3v) is 3.37. The van der Waals surface area contributed by atoms with Crippen molar-refractivity contribution in [2.75, 3.05) is 20.2 Å². The maximum absolute atomic E-state index is 9.28. The molecule has 98 valence electrons. The van der Waals surface area contributed by atoms with Gasteiger partial charge in [0, 0.05) is 18.4 Å². The molecule has 0 radical (unpaired) electrons. The van der Waals surface area contributed by atoms with E-state index in [-0.39, 0.29) is 6.79 Å². The van der Waals surface area contributed by atoms with Crippen molar-refractivity contribution < 1.29 is 9.47 Å². The lowest BCUT2D eigenvalue weighted by atomic mass is 10.0. The molecule has 0 atom stereocenters. The number of hydrogen-bond donors (Lipinski definition) is 0. The van der Waals surface area contributed by atoms with Crippen molar-refractivity contribution in [2.24, 2.45) is 0 Å². The van der Waals surface area contributed by atoms with Gasteiger partial charge in [0.25, 0.3) is 0 Å². The molecule has 1 heterocycles. The summed E-state index contributed by atoms with van der Waals surface area (Å²) in [5.41, 5.74) is 3.63. The molecule has 0 aliphatic carbocycles. The first-order chi connectivity index (χ1) is 8.69. The van der Waals surface area contributed by atoms with Crippen molar-refractivity contribution in [1.82, 2.24) is 4.98 Å². The quantitative estimate of drug-likeness (QED) is 0.450. The zero-order valence-electron chi connectivity index (χ0n) is 11.2. The van der Waals surface area contributed by atoms with Crippen LogP contribution in [-0.2, 0) is 22.5 Å². The van der Waals surface area contributed by atoms with Gasteiger partial charge in [0.15, 0.2) is 0 Å². The van der Waals surface area contributed by atoms with E-state index in [1.54, 1.807) is 7.11 Å². The van der Waals surface area contributed by atoms with Crippen LogP contribution < -0.4 is 0 Å². The molecular formula is C13H18N2O2S. The fraction of sp³-hybridized carbons (Fsp3) is 0.538. The van der Waals surface area contributed by atoms with E-state index < -0.39 is 0 Å². The summed E-state index contributed by atoms with van der Waals surface area (Å²) in [5, 5.41) is 10.1. The summed E-state index contributed by atoms with van der Waals surface area (Å²) in [6.07, 6.45) is 2.73. The average Bonchev–Trinajstić information content (AvgIpc) is 2.39. The number of nitriles is 1. The molecule has 0 aliphatic heterocycles. The van der Waals surface area contributed by atoms with E-state index >= 15 is 0 Å². The third-order valence-electron chi connectivity index (χ3n) is 2.69. The Bertz CT molecular complexity index is 455. The number of aryl methyl sites for hydroxylation is 1. The van der Waals surface area contributed by atoms with Gasteiger partial charge in [0.05, 0.1) is 12.2 Å². The number of methoxy groups -OCH3 is 1. The van der Waals surface area contributed by atoms with Gasteiger partial charge >= 0.3 is 0 Å². The summed E-state index contributed by atoms with van der Waals surface area (Å²) in [6, 6.07) is 2.25. The van der Waals surface area contributed by atoms with Crippen molar-refractivity contribution in [3.8, 4) is 6.07 Å². The topological polar surface area (TPSA) is 55.1 Å². The molecule has 5 heteroatoms. The first kappa shape index (κ1) is 15.0. The van der Waals surface area contributed by atoms with Crippen LogP contribution in [-0.4, -0.2) is 25.1 Å². The Morgan fingerprint density at radius 3 is 2.61 bits per heavy atom. The monoisotopic (exact) mass is 266 g/mol. The summed E-state index contributed by atoms with van der Waals surface area (Å²) < 4.78 is 10.3. The Hall–Kier alpha value is -1.09. The van der Waals surface area contributed by atoms with Crippen LogP contribution >= 0.6 is 11.8 Å². The SMILES string of the molecule is CCc1c(C#N)c(SC)nc(C)c1COCOC.